The van der Waals surface area contributed by atoms with Gasteiger partial charge in [0, 0.05) is 5.33 Å². The van der Waals surface area contributed by atoms with Crippen molar-refractivity contribution in [3.05, 3.63) is 34.6 Å². The molecule has 0 aliphatic heterocycles. The van der Waals surface area contributed by atoms with E-state index in [1.807, 2.05) is 6.07 Å². The Morgan fingerprint density at radius 3 is 2.50 bits per heavy atom. The fraction of sp³-hybridized carbons (Fsp3) is 0.538. The molecular formula is C13H17BrClF. The van der Waals surface area contributed by atoms with E-state index in [1.165, 1.54) is 6.07 Å². The molecule has 1 unspecified atom stereocenters. The van der Waals surface area contributed by atoms with Crippen molar-refractivity contribution in [2.75, 3.05) is 5.33 Å². The van der Waals surface area contributed by atoms with Crippen molar-refractivity contribution in [2.45, 2.75) is 27.2 Å². The monoisotopic (exact) mass is 306 g/mol. The maximum Gasteiger partial charge on any atom is 0.141 e. The quantitative estimate of drug-likeness (QED) is 0.681. The molecule has 1 aromatic carbocycles. The molecule has 16 heavy (non-hydrogen) atoms. The fourth-order valence-electron chi connectivity index (χ4n) is 1.52. The van der Waals surface area contributed by atoms with Crippen molar-refractivity contribution in [3.8, 4) is 0 Å². The van der Waals surface area contributed by atoms with Crippen LogP contribution in [0.4, 0.5) is 4.39 Å². The van der Waals surface area contributed by atoms with Crippen LogP contribution in [-0.4, -0.2) is 5.33 Å². The molecule has 1 rings (SSSR count). The van der Waals surface area contributed by atoms with E-state index in [4.69, 9.17) is 11.6 Å². The maximum absolute atomic E-state index is 13.0. The van der Waals surface area contributed by atoms with Crippen molar-refractivity contribution < 1.29 is 4.39 Å². The first kappa shape index (κ1) is 14.0. The lowest BCUT2D eigenvalue weighted by atomic mass is 9.76. The average Bonchev–Trinajstić information content (AvgIpc) is 2.23. The molecule has 1 aromatic rings. The first-order valence-corrected chi connectivity index (χ1v) is 6.89. The van der Waals surface area contributed by atoms with Crippen LogP contribution in [0.25, 0.3) is 0 Å². The van der Waals surface area contributed by atoms with Crippen LogP contribution in [0.5, 0.6) is 0 Å². The number of alkyl halides is 1. The lowest BCUT2D eigenvalue weighted by Gasteiger charge is -2.32. The standard InChI is InChI=1S/C13H17BrClF/c1-9(2)13(3,8-14)7-10-4-5-12(16)11(15)6-10/h4-6,9H,7-8H2,1-3H3. The highest BCUT2D eigenvalue weighted by molar-refractivity contribution is 9.09. The average molecular weight is 308 g/mol. The van der Waals surface area contributed by atoms with Crippen LogP contribution in [0.15, 0.2) is 18.2 Å². The van der Waals surface area contributed by atoms with Gasteiger partial charge in [0.15, 0.2) is 0 Å². The van der Waals surface area contributed by atoms with Gasteiger partial charge in [0.1, 0.15) is 5.82 Å². The minimum absolute atomic E-state index is 0.168. The molecule has 90 valence electrons. The Morgan fingerprint density at radius 2 is 2.06 bits per heavy atom. The largest absolute Gasteiger partial charge is 0.205 e. The predicted molar refractivity (Wildman–Crippen MR) is 71.9 cm³/mol. The molecule has 0 amide bonds. The topological polar surface area (TPSA) is 0 Å². The van der Waals surface area contributed by atoms with E-state index in [0.29, 0.717) is 5.92 Å². The van der Waals surface area contributed by atoms with Gasteiger partial charge >= 0.3 is 0 Å². The molecule has 0 fully saturated rings. The molecule has 0 heterocycles. The van der Waals surface area contributed by atoms with Gasteiger partial charge in [-0.2, -0.15) is 0 Å². The number of rotatable bonds is 4. The summed E-state index contributed by atoms with van der Waals surface area (Å²) in [7, 11) is 0. The summed E-state index contributed by atoms with van der Waals surface area (Å²) in [6.07, 6.45) is 0.899. The molecule has 3 heteroatoms. The van der Waals surface area contributed by atoms with Gasteiger partial charge in [-0.15, -0.1) is 0 Å². The molecule has 0 saturated carbocycles. The second-order valence-corrected chi connectivity index (χ2v) is 5.84. The molecule has 0 spiro atoms. The van der Waals surface area contributed by atoms with Crippen LogP contribution in [0.2, 0.25) is 5.02 Å². The highest BCUT2D eigenvalue weighted by Gasteiger charge is 2.27. The first-order chi connectivity index (χ1) is 7.39. The molecule has 0 N–H and O–H groups in total. The summed E-state index contributed by atoms with van der Waals surface area (Å²) in [5.41, 5.74) is 1.25. The zero-order valence-electron chi connectivity index (χ0n) is 9.86. The minimum atomic E-state index is -0.351. The van der Waals surface area contributed by atoms with Crippen molar-refractivity contribution in [2.24, 2.45) is 11.3 Å². The smallest absolute Gasteiger partial charge is 0.141 e. The maximum atomic E-state index is 13.0. The van der Waals surface area contributed by atoms with Gasteiger partial charge in [-0.05, 0) is 35.4 Å². The molecule has 1 atom stereocenters. The van der Waals surface area contributed by atoms with Gasteiger partial charge in [0.2, 0.25) is 0 Å². The van der Waals surface area contributed by atoms with Gasteiger partial charge in [-0.25, -0.2) is 4.39 Å². The SMILES string of the molecule is CC(C)C(C)(CBr)Cc1ccc(F)c(Cl)c1. The predicted octanol–water partition coefficient (Wildman–Crippen LogP) is 5.08. The molecule has 0 aliphatic carbocycles. The number of hydrogen-bond donors (Lipinski definition) is 0. The van der Waals surface area contributed by atoms with Crippen LogP contribution in [0, 0.1) is 17.2 Å². The van der Waals surface area contributed by atoms with E-state index in [0.717, 1.165) is 17.3 Å². The lowest BCUT2D eigenvalue weighted by Crippen LogP contribution is -2.28. The van der Waals surface area contributed by atoms with Gasteiger partial charge in [0.05, 0.1) is 5.02 Å². The number of benzene rings is 1. The molecular weight excluding hydrogens is 290 g/mol. The number of hydrogen-bond acceptors (Lipinski definition) is 0. The van der Waals surface area contributed by atoms with Crippen molar-refractivity contribution >= 4 is 27.5 Å². The van der Waals surface area contributed by atoms with Gasteiger partial charge in [-0.3, -0.25) is 0 Å². The van der Waals surface area contributed by atoms with Crippen molar-refractivity contribution in [1.82, 2.24) is 0 Å². The van der Waals surface area contributed by atoms with Crippen LogP contribution >= 0.6 is 27.5 Å². The molecule has 0 nitrogen and oxygen atoms in total. The van der Waals surface area contributed by atoms with Crippen LogP contribution < -0.4 is 0 Å². The third kappa shape index (κ3) is 3.21. The summed E-state index contributed by atoms with van der Waals surface area (Å²) >= 11 is 9.33. The van der Waals surface area contributed by atoms with Crippen LogP contribution in [0.1, 0.15) is 26.3 Å². The summed E-state index contributed by atoms with van der Waals surface area (Å²) in [6, 6.07) is 4.97. The van der Waals surface area contributed by atoms with E-state index in [1.54, 1.807) is 6.07 Å². The highest BCUT2D eigenvalue weighted by Crippen LogP contribution is 2.34. The molecule has 0 aromatic heterocycles. The Balaban J connectivity index is 2.90. The normalized spacial score (nSPS) is 15.2. The minimum Gasteiger partial charge on any atom is -0.205 e. The van der Waals surface area contributed by atoms with Gasteiger partial charge in [0.25, 0.3) is 0 Å². The van der Waals surface area contributed by atoms with Crippen molar-refractivity contribution in [1.29, 1.82) is 0 Å². The summed E-state index contributed by atoms with van der Waals surface area (Å²) in [5, 5.41) is 1.13. The summed E-state index contributed by atoms with van der Waals surface area (Å²) < 4.78 is 13.0. The Hall–Kier alpha value is -0.0800. The zero-order chi connectivity index (χ0) is 12.3. The number of halogens is 3. The summed E-state index contributed by atoms with van der Waals surface area (Å²) in [5.74, 6) is 0.200. The molecule has 0 aliphatic rings. The Kier molecular flexibility index (Phi) is 4.81. The van der Waals surface area contributed by atoms with E-state index < -0.39 is 0 Å². The lowest BCUT2D eigenvalue weighted by molar-refractivity contribution is 0.258. The summed E-state index contributed by atoms with van der Waals surface area (Å²) in [4.78, 5) is 0. The zero-order valence-corrected chi connectivity index (χ0v) is 12.2. The second-order valence-electron chi connectivity index (χ2n) is 4.87. The Labute approximate surface area is 110 Å². The van der Waals surface area contributed by atoms with E-state index in [9.17, 15) is 4.39 Å². The highest BCUT2D eigenvalue weighted by atomic mass is 79.9. The van der Waals surface area contributed by atoms with Crippen molar-refractivity contribution in [3.63, 3.8) is 0 Å². The molecule has 0 radical (unpaired) electrons. The van der Waals surface area contributed by atoms with E-state index in [-0.39, 0.29) is 16.3 Å². The fourth-order valence-corrected chi connectivity index (χ4v) is 2.57. The Morgan fingerprint density at radius 1 is 1.44 bits per heavy atom. The third-order valence-electron chi connectivity index (χ3n) is 3.29. The van der Waals surface area contributed by atoms with Gasteiger partial charge < -0.3 is 0 Å². The summed E-state index contributed by atoms with van der Waals surface area (Å²) in [6.45, 7) is 6.63. The molecule has 0 saturated heterocycles. The third-order valence-corrected chi connectivity index (χ3v) is 4.86. The Bertz CT molecular complexity index is 365. The molecule has 0 bridgehead atoms. The van der Waals surface area contributed by atoms with Crippen LogP contribution in [-0.2, 0) is 6.42 Å². The van der Waals surface area contributed by atoms with E-state index >= 15 is 0 Å². The second kappa shape index (κ2) is 5.50. The van der Waals surface area contributed by atoms with Gasteiger partial charge in [-0.1, -0.05) is 54.4 Å². The van der Waals surface area contributed by atoms with Crippen LogP contribution in [0.3, 0.4) is 0 Å². The first-order valence-electron chi connectivity index (χ1n) is 5.39. The van der Waals surface area contributed by atoms with E-state index in [2.05, 4.69) is 36.7 Å².